The minimum Gasteiger partial charge on any atom is -0.475 e. The van der Waals surface area contributed by atoms with Gasteiger partial charge in [0, 0.05) is 36.3 Å². The van der Waals surface area contributed by atoms with Crippen molar-refractivity contribution in [3.8, 4) is 23.1 Å². The number of hydrogen-bond acceptors (Lipinski definition) is 9. The van der Waals surface area contributed by atoms with Crippen LogP contribution >= 0.6 is 11.6 Å². The van der Waals surface area contributed by atoms with Gasteiger partial charge < -0.3 is 25.0 Å². The summed E-state index contributed by atoms with van der Waals surface area (Å²) in [5.41, 5.74) is 1.84. The molecule has 2 N–H and O–H groups in total. The average molecular weight is 708 g/mol. The van der Waals surface area contributed by atoms with E-state index in [0.717, 1.165) is 70.0 Å². The Labute approximate surface area is 285 Å². The monoisotopic (exact) mass is 707 g/mol. The van der Waals surface area contributed by atoms with Crippen LogP contribution in [-0.4, -0.2) is 94.5 Å². The fourth-order valence-corrected chi connectivity index (χ4v) is 9.10. The second kappa shape index (κ2) is 11.4. The smallest absolute Gasteiger partial charge is 0.418 e. The van der Waals surface area contributed by atoms with E-state index >= 15 is 4.39 Å². The van der Waals surface area contributed by atoms with E-state index in [0.29, 0.717) is 25.3 Å². The van der Waals surface area contributed by atoms with Gasteiger partial charge in [-0.15, -0.1) is 0 Å². The van der Waals surface area contributed by atoms with E-state index in [-0.39, 0.29) is 47.2 Å². The van der Waals surface area contributed by atoms with Crippen LogP contribution in [0.2, 0.25) is 5.02 Å². The van der Waals surface area contributed by atoms with Crippen LogP contribution in [0.4, 0.5) is 33.5 Å². The van der Waals surface area contributed by atoms with E-state index in [4.69, 9.17) is 31.8 Å². The van der Waals surface area contributed by atoms with E-state index in [1.54, 1.807) is 0 Å². The molecule has 2 saturated carbocycles. The number of pyridine rings is 1. The van der Waals surface area contributed by atoms with E-state index < -0.39 is 51.1 Å². The highest BCUT2D eigenvalue weighted by Gasteiger charge is 2.53. The molecular weight excluding hydrogens is 669 g/mol. The largest absolute Gasteiger partial charge is 0.475 e. The first kappa shape index (κ1) is 32.9. The highest BCUT2D eigenvalue weighted by Crippen LogP contribution is 2.52. The van der Waals surface area contributed by atoms with E-state index in [1.165, 1.54) is 0 Å². The standard InChI is InChI=1S/C34H39ClF5N7O2/c1-45(2)31(6-3-7-31)16-47-28-23-27(43-30(44-28)49-18-33-10-5-11-46(33)15-19(36)14-33)25(37)26(42-29(23)48-17-32(47)8-4-9-32)21-12-20(41)13-22(35)24(21)34(38,39)40/h12-13,19H,3-11,14-18,41H2,1-2H3/t19-,33+/m1/s1. The van der Waals surface area contributed by atoms with Crippen LogP contribution in [0, 0.1) is 5.82 Å². The summed E-state index contributed by atoms with van der Waals surface area (Å²) in [6.45, 7) is 1.92. The second-order valence-electron chi connectivity index (χ2n) is 14.8. The molecule has 8 rings (SSSR count). The van der Waals surface area contributed by atoms with Crippen molar-refractivity contribution >= 4 is 34.0 Å². The molecule has 264 valence electrons. The van der Waals surface area contributed by atoms with Crippen LogP contribution in [0.1, 0.15) is 63.4 Å². The van der Waals surface area contributed by atoms with Gasteiger partial charge in [-0.05, 0) is 84.1 Å². The molecule has 0 amide bonds. The molecule has 2 atom stereocenters. The predicted octanol–water partition coefficient (Wildman–Crippen LogP) is 6.65. The first-order chi connectivity index (χ1) is 23.2. The van der Waals surface area contributed by atoms with Crippen LogP contribution in [-0.2, 0) is 6.18 Å². The first-order valence-corrected chi connectivity index (χ1v) is 17.3. The lowest BCUT2D eigenvalue weighted by Crippen LogP contribution is -2.65. The molecule has 2 aliphatic carbocycles. The molecule has 4 fully saturated rings. The Morgan fingerprint density at radius 1 is 1.08 bits per heavy atom. The third kappa shape index (κ3) is 5.18. The SMILES string of the molecule is CN(C)C1(CN2c3nc(OC[C@@]45CCCN4C[C@H](F)C5)nc4c(F)c(-c5cc(N)cc(Cl)c5C(F)(F)F)nc(c34)OCC23CCC3)CCC1. The zero-order valence-corrected chi connectivity index (χ0v) is 28.2. The number of rotatable bonds is 7. The number of nitrogens with zero attached hydrogens (tertiary/aromatic N) is 6. The summed E-state index contributed by atoms with van der Waals surface area (Å²) in [4.78, 5) is 20.3. The third-order valence-corrected chi connectivity index (χ3v) is 12.2. The van der Waals surface area contributed by atoms with Crippen molar-refractivity contribution in [1.82, 2.24) is 24.8 Å². The lowest BCUT2D eigenvalue weighted by atomic mass is 9.71. The van der Waals surface area contributed by atoms with Crippen LogP contribution in [0.25, 0.3) is 22.2 Å². The molecule has 2 saturated heterocycles. The molecular formula is C34H39ClF5N7O2. The number of nitrogen functional groups attached to an aromatic ring is 1. The Kier molecular flexibility index (Phi) is 7.66. The quantitative estimate of drug-likeness (QED) is 0.214. The minimum atomic E-state index is -4.94. The molecule has 0 bridgehead atoms. The maximum atomic E-state index is 17.0. The summed E-state index contributed by atoms with van der Waals surface area (Å²) < 4.78 is 87.5. The number of alkyl halides is 4. The zero-order chi connectivity index (χ0) is 34.5. The first-order valence-electron chi connectivity index (χ1n) is 16.9. The number of nitrogens with two attached hydrogens (primary N) is 1. The van der Waals surface area contributed by atoms with Crippen LogP contribution in [0.15, 0.2) is 12.1 Å². The molecule has 0 unspecified atom stereocenters. The predicted molar refractivity (Wildman–Crippen MR) is 175 cm³/mol. The van der Waals surface area contributed by atoms with Gasteiger partial charge in [0.1, 0.15) is 41.8 Å². The fourth-order valence-electron chi connectivity index (χ4n) is 8.77. The molecule has 3 aromatic rings. The molecule has 1 aromatic carbocycles. The Balaban J connectivity index is 1.33. The van der Waals surface area contributed by atoms with Crippen molar-refractivity contribution in [2.75, 3.05) is 57.6 Å². The number of benzene rings is 1. The normalized spacial score (nSPS) is 25.7. The molecule has 3 aliphatic heterocycles. The van der Waals surface area contributed by atoms with Gasteiger partial charge in [0.05, 0.1) is 21.7 Å². The Hall–Kier alpha value is -3.23. The zero-order valence-electron chi connectivity index (χ0n) is 27.5. The number of aromatic nitrogens is 3. The topological polar surface area (TPSA) is 92.9 Å². The molecule has 0 radical (unpaired) electrons. The Morgan fingerprint density at radius 3 is 2.49 bits per heavy atom. The summed E-state index contributed by atoms with van der Waals surface area (Å²) >= 11 is 6.08. The number of halogens is 6. The number of hydrogen-bond donors (Lipinski definition) is 1. The molecule has 5 heterocycles. The van der Waals surface area contributed by atoms with Gasteiger partial charge in [-0.25, -0.2) is 13.8 Å². The summed E-state index contributed by atoms with van der Waals surface area (Å²) in [5.74, 6) is -0.808. The van der Waals surface area contributed by atoms with Crippen LogP contribution in [0.5, 0.6) is 11.9 Å². The Bertz CT molecular complexity index is 1820. The van der Waals surface area contributed by atoms with Gasteiger partial charge in [0.15, 0.2) is 5.82 Å². The van der Waals surface area contributed by atoms with Gasteiger partial charge in [0.2, 0.25) is 5.88 Å². The molecule has 49 heavy (non-hydrogen) atoms. The second-order valence-corrected chi connectivity index (χ2v) is 15.3. The molecule has 9 nitrogen and oxygen atoms in total. The fraction of sp³-hybridized carbons (Fsp3) is 0.618. The van der Waals surface area contributed by atoms with Crippen molar-refractivity contribution < 1.29 is 31.4 Å². The van der Waals surface area contributed by atoms with Crippen LogP contribution < -0.4 is 20.1 Å². The van der Waals surface area contributed by atoms with Crippen molar-refractivity contribution in [2.45, 2.75) is 86.8 Å². The number of likely N-dealkylation sites (N-methyl/N-ethyl adjacent to an activating group) is 1. The average Bonchev–Trinajstić information content (AvgIpc) is 3.46. The Morgan fingerprint density at radius 2 is 1.84 bits per heavy atom. The number of fused-ring (bicyclic) bond motifs is 1. The third-order valence-electron chi connectivity index (χ3n) is 11.9. The molecule has 2 aromatic heterocycles. The summed E-state index contributed by atoms with van der Waals surface area (Å²) in [6.07, 6.45) is 1.51. The van der Waals surface area contributed by atoms with Gasteiger partial charge in [0.25, 0.3) is 0 Å². The highest BCUT2D eigenvalue weighted by molar-refractivity contribution is 6.32. The molecule has 5 aliphatic rings. The van der Waals surface area contributed by atoms with Crippen molar-refractivity contribution in [1.29, 1.82) is 0 Å². The number of anilines is 2. The van der Waals surface area contributed by atoms with E-state index in [9.17, 15) is 17.6 Å². The summed E-state index contributed by atoms with van der Waals surface area (Å²) in [5, 5.41) is -0.514. The summed E-state index contributed by atoms with van der Waals surface area (Å²) in [7, 11) is 4.10. The van der Waals surface area contributed by atoms with E-state index in [2.05, 4.69) is 24.7 Å². The van der Waals surface area contributed by atoms with Gasteiger partial charge in [-0.3, -0.25) is 4.90 Å². The van der Waals surface area contributed by atoms with Crippen molar-refractivity contribution in [3.05, 3.63) is 28.5 Å². The molecule has 1 spiro atoms. The van der Waals surface area contributed by atoms with Gasteiger partial charge in [-0.2, -0.15) is 23.1 Å². The van der Waals surface area contributed by atoms with Crippen LogP contribution in [0.3, 0.4) is 0 Å². The maximum Gasteiger partial charge on any atom is 0.418 e. The van der Waals surface area contributed by atoms with Gasteiger partial charge in [-0.1, -0.05) is 11.6 Å². The lowest BCUT2D eigenvalue weighted by Gasteiger charge is -2.56. The van der Waals surface area contributed by atoms with Gasteiger partial charge >= 0.3 is 12.2 Å². The lowest BCUT2D eigenvalue weighted by molar-refractivity contribution is -0.137. The number of ether oxygens (including phenoxy) is 2. The minimum absolute atomic E-state index is 0.0717. The van der Waals surface area contributed by atoms with E-state index in [1.807, 2.05) is 14.1 Å². The highest BCUT2D eigenvalue weighted by atomic mass is 35.5. The molecule has 15 heteroatoms. The summed E-state index contributed by atoms with van der Waals surface area (Å²) in [6, 6.07) is 1.84. The van der Waals surface area contributed by atoms with Crippen molar-refractivity contribution in [3.63, 3.8) is 0 Å². The van der Waals surface area contributed by atoms with Crippen molar-refractivity contribution in [2.24, 2.45) is 0 Å². The maximum absolute atomic E-state index is 17.0.